The number of methoxy groups -OCH3 is 1. The molecule has 7 nitrogen and oxygen atoms in total. The van der Waals surface area contributed by atoms with Crippen molar-refractivity contribution in [1.82, 2.24) is 14.8 Å². The molecule has 180 valence electrons. The number of fused-ring (bicyclic) bond motifs is 3. The lowest BCUT2D eigenvalue weighted by Crippen LogP contribution is -2.45. The van der Waals surface area contributed by atoms with Crippen molar-refractivity contribution in [2.75, 3.05) is 26.7 Å². The van der Waals surface area contributed by atoms with Crippen molar-refractivity contribution in [1.29, 1.82) is 0 Å². The lowest BCUT2D eigenvalue weighted by molar-refractivity contribution is 0.0574. The molecule has 0 bridgehead atoms. The highest BCUT2D eigenvalue weighted by Crippen LogP contribution is 2.34. The molecule has 1 N–H and O–H groups in total. The SMILES string of the molecule is COc1ccc2[nH]cc(C(=O)CN3CCc4ccccc4[C@H]3CN3C(=O)c4ccccc4C3=O)c2c1. The van der Waals surface area contributed by atoms with Gasteiger partial charge in [0.2, 0.25) is 0 Å². The number of hydrogen-bond acceptors (Lipinski definition) is 5. The van der Waals surface area contributed by atoms with Gasteiger partial charge in [0.25, 0.3) is 11.8 Å². The van der Waals surface area contributed by atoms with E-state index in [9.17, 15) is 14.4 Å². The van der Waals surface area contributed by atoms with Gasteiger partial charge in [-0.1, -0.05) is 36.4 Å². The zero-order valence-corrected chi connectivity index (χ0v) is 19.9. The first-order chi connectivity index (χ1) is 17.5. The van der Waals surface area contributed by atoms with E-state index in [0.717, 1.165) is 22.9 Å². The molecule has 3 heterocycles. The Kier molecular flexibility index (Phi) is 5.42. The molecule has 2 aliphatic heterocycles. The smallest absolute Gasteiger partial charge is 0.261 e. The number of hydrogen-bond donors (Lipinski definition) is 1. The van der Waals surface area contributed by atoms with Gasteiger partial charge in [0.05, 0.1) is 30.8 Å². The highest BCUT2D eigenvalue weighted by molar-refractivity contribution is 6.21. The van der Waals surface area contributed by atoms with Crippen LogP contribution in [0, 0.1) is 0 Å². The van der Waals surface area contributed by atoms with Gasteiger partial charge < -0.3 is 9.72 Å². The average molecular weight is 480 g/mol. The van der Waals surface area contributed by atoms with E-state index in [0.29, 0.717) is 29.0 Å². The maximum Gasteiger partial charge on any atom is 0.261 e. The van der Waals surface area contributed by atoms with Crippen molar-refractivity contribution in [3.63, 3.8) is 0 Å². The lowest BCUT2D eigenvalue weighted by Gasteiger charge is -2.38. The molecule has 3 aromatic carbocycles. The first-order valence-electron chi connectivity index (χ1n) is 12.0. The monoisotopic (exact) mass is 479 g/mol. The molecule has 0 radical (unpaired) electrons. The normalized spacial score (nSPS) is 17.4. The van der Waals surface area contributed by atoms with Crippen LogP contribution in [-0.2, 0) is 6.42 Å². The number of benzene rings is 3. The number of imide groups is 1. The van der Waals surface area contributed by atoms with E-state index in [-0.39, 0.29) is 36.7 Å². The first kappa shape index (κ1) is 22.2. The number of nitrogens with zero attached hydrogens (tertiary/aromatic N) is 2. The summed E-state index contributed by atoms with van der Waals surface area (Å²) in [7, 11) is 1.60. The van der Waals surface area contributed by atoms with Gasteiger partial charge in [0.1, 0.15) is 5.75 Å². The fourth-order valence-electron chi connectivity index (χ4n) is 5.41. The number of amides is 2. The summed E-state index contributed by atoms with van der Waals surface area (Å²) < 4.78 is 5.35. The van der Waals surface area contributed by atoms with Crippen molar-refractivity contribution in [3.05, 3.63) is 101 Å². The van der Waals surface area contributed by atoms with Gasteiger partial charge in [0, 0.05) is 35.8 Å². The van der Waals surface area contributed by atoms with Crippen molar-refractivity contribution in [2.45, 2.75) is 12.5 Å². The molecule has 2 amide bonds. The average Bonchev–Trinajstić information content (AvgIpc) is 3.44. The molecule has 2 aliphatic rings. The lowest BCUT2D eigenvalue weighted by atomic mass is 9.91. The molecule has 1 atom stereocenters. The van der Waals surface area contributed by atoms with Crippen LogP contribution in [0.1, 0.15) is 48.2 Å². The van der Waals surface area contributed by atoms with Gasteiger partial charge in [-0.2, -0.15) is 0 Å². The zero-order chi connectivity index (χ0) is 24.8. The van der Waals surface area contributed by atoms with Gasteiger partial charge >= 0.3 is 0 Å². The van der Waals surface area contributed by atoms with Crippen molar-refractivity contribution in [2.24, 2.45) is 0 Å². The topological polar surface area (TPSA) is 82.7 Å². The second-order valence-electron chi connectivity index (χ2n) is 9.24. The zero-order valence-electron chi connectivity index (χ0n) is 19.9. The fourth-order valence-corrected chi connectivity index (χ4v) is 5.41. The molecule has 0 saturated carbocycles. The molecule has 0 unspecified atom stereocenters. The van der Waals surface area contributed by atoms with E-state index in [1.165, 1.54) is 10.5 Å². The Labute approximate surface area is 208 Å². The minimum atomic E-state index is -0.284. The number of nitrogens with one attached hydrogen (secondary N) is 1. The van der Waals surface area contributed by atoms with Crippen LogP contribution in [0.25, 0.3) is 10.9 Å². The standard InChI is InChI=1S/C29H25N3O4/c1-36-19-10-11-25-23(14-19)24(15-30-25)27(33)17-31-13-12-18-6-2-3-7-20(18)26(31)16-32-28(34)21-8-4-5-9-22(21)29(32)35/h2-11,14-15,26,30H,12-13,16-17H2,1H3/t26-/m1/s1. The number of aromatic amines is 1. The highest BCUT2D eigenvalue weighted by Gasteiger charge is 2.39. The number of carbonyl (C=O) groups excluding carboxylic acids is 3. The minimum Gasteiger partial charge on any atom is -0.497 e. The molecule has 1 aromatic heterocycles. The van der Waals surface area contributed by atoms with E-state index < -0.39 is 0 Å². The predicted octanol–water partition coefficient (Wildman–Crippen LogP) is 4.25. The minimum absolute atomic E-state index is 0.0266. The molecule has 4 aromatic rings. The number of carbonyl (C=O) groups is 3. The number of ketones is 1. The third-order valence-corrected chi connectivity index (χ3v) is 7.29. The molecule has 0 saturated heterocycles. The van der Waals surface area contributed by atoms with Crippen molar-refractivity contribution in [3.8, 4) is 5.75 Å². The fraction of sp³-hybridized carbons (Fsp3) is 0.207. The molecule has 0 aliphatic carbocycles. The summed E-state index contributed by atoms with van der Waals surface area (Å²) in [4.78, 5) is 46.4. The Balaban J connectivity index is 1.32. The van der Waals surface area contributed by atoms with Gasteiger partial charge in [-0.05, 0) is 47.9 Å². The Bertz CT molecular complexity index is 1490. The van der Waals surface area contributed by atoms with Gasteiger partial charge in [0.15, 0.2) is 5.78 Å². The maximum atomic E-state index is 13.5. The van der Waals surface area contributed by atoms with Crippen molar-refractivity contribution >= 4 is 28.5 Å². The van der Waals surface area contributed by atoms with Crippen LogP contribution in [0.2, 0.25) is 0 Å². The number of aromatic nitrogens is 1. The van der Waals surface area contributed by atoms with Gasteiger partial charge in [-0.15, -0.1) is 0 Å². The predicted molar refractivity (Wildman–Crippen MR) is 135 cm³/mol. The summed E-state index contributed by atoms with van der Waals surface area (Å²) in [5.74, 6) is 0.0927. The quantitative estimate of drug-likeness (QED) is 0.330. The second-order valence-corrected chi connectivity index (χ2v) is 9.24. The number of Topliss-reactive ketones (excluding diaryl/α,β-unsaturated/α-hetero) is 1. The third kappa shape index (κ3) is 3.60. The summed E-state index contributed by atoms with van der Waals surface area (Å²) >= 11 is 0. The molecule has 7 heteroatoms. The van der Waals surface area contributed by atoms with Crippen LogP contribution in [0.15, 0.2) is 72.9 Å². The summed E-state index contributed by atoms with van der Waals surface area (Å²) in [5.41, 5.74) is 4.56. The molecular weight excluding hydrogens is 454 g/mol. The van der Waals surface area contributed by atoms with Crippen LogP contribution >= 0.6 is 0 Å². The summed E-state index contributed by atoms with van der Waals surface area (Å²) in [5, 5.41) is 0.814. The van der Waals surface area contributed by atoms with Crippen LogP contribution in [0.3, 0.4) is 0 Å². The Morgan fingerprint density at radius 1 is 1.00 bits per heavy atom. The molecule has 0 fully saturated rings. The largest absolute Gasteiger partial charge is 0.497 e. The van der Waals surface area contributed by atoms with E-state index >= 15 is 0 Å². The molecule has 36 heavy (non-hydrogen) atoms. The maximum absolute atomic E-state index is 13.5. The van der Waals surface area contributed by atoms with E-state index in [1.807, 2.05) is 36.4 Å². The summed E-state index contributed by atoms with van der Waals surface area (Å²) in [6.07, 6.45) is 2.54. The third-order valence-electron chi connectivity index (χ3n) is 7.29. The molecule has 0 spiro atoms. The number of H-pyrrole nitrogens is 1. The Morgan fingerprint density at radius 3 is 2.47 bits per heavy atom. The Morgan fingerprint density at radius 2 is 1.72 bits per heavy atom. The van der Waals surface area contributed by atoms with E-state index in [2.05, 4.69) is 16.0 Å². The summed E-state index contributed by atoms with van der Waals surface area (Å²) in [6.45, 7) is 1.02. The molecular formula is C29H25N3O4. The Hall–Kier alpha value is -4.23. The first-order valence-corrected chi connectivity index (χ1v) is 12.0. The number of ether oxygens (including phenoxy) is 1. The summed E-state index contributed by atoms with van der Waals surface area (Å²) in [6, 6.07) is 20.3. The van der Waals surface area contributed by atoms with Crippen LogP contribution in [0.4, 0.5) is 0 Å². The van der Waals surface area contributed by atoms with Crippen LogP contribution in [-0.4, -0.2) is 59.1 Å². The highest BCUT2D eigenvalue weighted by atomic mass is 16.5. The second kappa shape index (κ2) is 8.77. The van der Waals surface area contributed by atoms with Crippen LogP contribution in [0.5, 0.6) is 5.75 Å². The number of rotatable bonds is 6. The van der Waals surface area contributed by atoms with Gasteiger partial charge in [-0.25, -0.2) is 0 Å². The van der Waals surface area contributed by atoms with E-state index in [4.69, 9.17) is 4.74 Å². The van der Waals surface area contributed by atoms with E-state index in [1.54, 1.807) is 37.6 Å². The molecule has 6 rings (SSSR count). The van der Waals surface area contributed by atoms with Gasteiger partial charge in [-0.3, -0.25) is 24.2 Å². The van der Waals surface area contributed by atoms with Crippen molar-refractivity contribution < 1.29 is 19.1 Å². The van der Waals surface area contributed by atoms with Crippen LogP contribution < -0.4 is 4.74 Å².